The lowest BCUT2D eigenvalue weighted by Crippen LogP contribution is -2.52. The third-order valence-electron chi connectivity index (χ3n) is 4.14. The molecule has 1 heterocycles. The van der Waals surface area contributed by atoms with Crippen molar-refractivity contribution >= 4 is 23.3 Å². The normalized spacial score (nSPS) is 15.3. The van der Waals surface area contributed by atoms with Crippen LogP contribution in [0.4, 0.5) is 10.5 Å². The molecule has 22 heavy (non-hydrogen) atoms. The Hall–Kier alpha value is -1.42. The van der Waals surface area contributed by atoms with Crippen LogP contribution in [0, 0.1) is 12.8 Å². The van der Waals surface area contributed by atoms with Gasteiger partial charge in [-0.2, -0.15) is 0 Å². The predicted molar refractivity (Wildman–Crippen MR) is 92.8 cm³/mol. The number of hydrogen-bond acceptors (Lipinski definition) is 2. The first kappa shape index (κ1) is 16.9. The monoisotopic (exact) mass is 323 g/mol. The molecule has 1 aromatic carbocycles. The Labute approximate surface area is 138 Å². The molecule has 1 aliphatic heterocycles. The molecule has 0 radical (unpaired) electrons. The Morgan fingerprint density at radius 2 is 1.95 bits per heavy atom. The zero-order chi connectivity index (χ0) is 16.1. The summed E-state index contributed by atoms with van der Waals surface area (Å²) in [7, 11) is 0. The number of benzene rings is 1. The lowest BCUT2D eigenvalue weighted by molar-refractivity contribution is 0.194. The highest BCUT2D eigenvalue weighted by Gasteiger charge is 2.22. The topological polar surface area (TPSA) is 35.6 Å². The summed E-state index contributed by atoms with van der Waals surface area (Å²) >= 11 is 6.19. The zero-order valence-electron chi connectivity index (χ0n) is 13.7. The summed E-state index contributed by atoms with van der Waals surface area (Å²) < 4.78 is 0. The first-order valence-electron chi connectivity index (χ1n) is 8.02. The fraction of sp³-hybridized carbons (Fsp3) is 0.588. The molecule has 1 saturated heterocycles. The van der Waals surface area contributed by atoms with Crippen molar-refractivity contribution in [2.45, 2.75) is 27.2 Å². The van der Waals surface area contributed by atoms with Gasteiger partial charge in [-0.1, -0.05) is 31.5 Å². The minimum Gasteiger partial charge on any atom is -0.368 e. The molecular formula is C17H26ClN3O. The molecule has 122 valence electrons. The zero-order valence-corrected chi connectivity index (χ0v) is 14.5. The highest BCUT2D eigenvalue weighted by atomic mass is 35.5. The van der Waals surface area contributed by atoms with E-state index in [1.807, 2.05) is 24.0 Å². The molecule has 0 bridgehead atoms. The summed E-state index contributed by atoms with van der Waals surface area (Å²) in [4.78, 5) is 16.3. The highest BCUT2D eigenvalue weighted by molar-refractivity contribution is 6.31. The van der Waals surface area contributed by atoms with Crippen molar-refractivity contribution in [2.24, 2.45) is 5.92 Å². The Morgan fingerprint density at radius 1 is 1.27 bits per heavy atom. The molecule has 2 rings (SSSR count). The second-order valence-corrected chi connectivity index (χ2v) is 6.68. The Bertz CT molecular complexity index is 511. The number of carbonyl (C=O) groups is 1. The van der Waals surface area contributed by atoms with Crippen molar-refractivity contribution in [3.63, 3.8) is 0 Å². The molecule has 2 amide bonds. The van der Waals surface area contributed by atoms with Gasteiger partial charge in [0.05, 0.1) is 0 Å². The Morgan fingerprint density at radius 3 is 2.59 bits per heavy atom. The van der Waals surface area contributed by atoms with Gasteiger partial charge < -0.3 is 15.1 Å². The van der Waals surface area contributed by atoms with Crippen molar-refractivity contribution in [3.8, 4) is 0 Å². The summed E-state index contributed by atoms with van der Waals surface area (Å²) in [6.07, 6.45) is 1.02. The van der Waals surface area contributed by atoms with Crippen LogP contribution in [-0.2, 0) is 0 Å². The molecular weight excluding hydrogens is 298 g/mol. The molecule has 5 heteroatoms. The van der Waals surface area contributed by atoms with Gasteiger partial charge in [0.1, 0.15) is 0 Å². The minimum atomic E-state index is 0.0584. The fourth-order valence-electron chi connectivity index (χ4n) is 2.67. The molecule has 1 N–H and O–H groups in total. The molecule has 0 saturated carbocycles. The van der Waals surface area contributed by atoms with E-state index in [1.165, 1.54) is 5.69 Å². The second kappa shape index (κ2) is 7.73. The third-order valence-corrected chi connectivity index (χ3v) is 4.55. The number of rotatable bonds is 4. The number of hydrogen-bond donors (Lipinski definition) is 1. The summed E-state index contributed by atoms with van der Waals surface area (Å²) in [5.74, 6) is 0.614. The van der Waals surface area contributed by atoms with Crippen LogP contribution in [0.3, 0.4) is 0 Å². The average molecular weight is 324 g/mol. The number of amides is 2. The van der Waals surface area contributed by atoms with Crippen molar-refractivity contribution in [1.29, 1.82) is 0 Å². The first-order chi connectivity index (χ1) is 10.5. The minimum absolute atomic E-state index is 0.0584. The van der Waals surface area contributed by atoms with Crippen molar-refractivity contribution in [3.05, 3.63) is 28.8 Å². The van der Waals surface area contributed by atoms with Gasteiger partial charge in [0.15, 0.2) is 0 Å². The van der Waals surface area contributed by atoms with Gasteiger partial charge >= 0.3 is 6.03 Å². The number of nitrogens with zero attached hydrogens (tertiary/aromatic N) is 2. The quantitative estimate of drug-likeness (QED) is 0.920. The Kier molecular flexibility index (Phi) is 5.95. The van der Waals surface area contributed by atoms with Crippen LogP contribution >= 0.6 is 11.6 Å². The van der Waals surface area contributed by atoms with E-state index in [-0.39, 0.29) is 6.03 Å². The summed E-state index contributed by atoms with van der Waals surface area (Å²) in [6, 6.07) is 6.05. The molecule has 0 aliphatic carbocycles. The van der Waals surface area contributed by atoms with Gasteiger partial charge in [0.2, 0.25) is 0 Å². The number of urea groups is 1. The van der Waals surface area contributed by atoms with Crippen LogP contribution in [0.5, 0.6) is 0 Å². The van der Waals surface area contributed by atoms with Crippen molar-refractivity contribution in [2.75, 3.05) is 37.6 Å². The van der Waals surface area contributed by atoms with Crippen LogP contribution in [-0.4, -0.2) is 43.7 Å². The van der Waals surface area contributed by atoms with E-state index in [1.54, 1.807) is 0 Å². The number of carbonyl (C=O) groups excluding carboxylic acids is 1. The highest BCUT2D eigenvalue weighted by Crippen LogP contribution is 2.27. The summed E-state index contributed by atoms with van der Waals surface area (Å²) in [5, 5.41) is 3.80. The van der Waals surface area contributed by atoms with Crippen molar-refractivity contribution < 1.29 is 4.79 Å². The van der Waals surface area contributed by atoms with E-state index >= 15 is 0 Å². The number of halogens is 1. The van der Waals surface area contributed by atoms with E-state index < -0.39 is 0 Å². The number of nitrogens with one attached hydrogen (secondary N) is 1. The fourth-order valence-corrected chi connectivity index (χ4v) is 2.84. The van der Waals surface area contributed by atoms with E-state index in [4.69, 9.17) is 11.6 Å². The molecule has 0 atom stereocenters. The van der Waals surface area contributed by atoms with Crippen LogP contribution in [0.2, 0.25) is 5.02 Å². The van der Waals surface area contributed by atoms with Gasteiger partial charge in [0, 0.05) is 43.4 Å². The van der Waals surface area contributed by atoms with E-state index in [0.717, 1.165) is 49.7 Å². The second-order valence-electron chi connectivity index (χ2n) is 6.27. The molecule has 0 aromatic heterocycles. The van der Waals surface area contributed by atoms with Crippen LogP contribution in [0.25, 0.3) is 0 Å². The molecule has 1 fully saturated rings. The summed E-state index contributed by atoms with van der Waals surface area (Å²) in [5.41, 5.74) is 2.28. The third kappa shape index (κ3) is 4.29. The maximum absolute atomic E-state index is 12.1. The smallest absolute Gasteiger partial charge is 0.317 e. The average Bonchev–Trinajstić information content (AvgIpc) is 2.50. The lowest BCUT2D eigenvalue weighted by atomic mass is 10.1. The van der Waals surface area contributed by atoms with E-state index in [9.17, 15) is 4.79 Å². The molecule has 0 unspecified atom stereocenters. The SMILES string of the molecule is Cc1c(Cl)cccc1N1CCN(C(=O)NCCC(C)C)CC1. The Balaban J connectivity index is 1.85. The lowest BCUT2D eigenvalue weighted by Gasteiger charge is -2.36. The van der Waals surface area contributed by atoms with Crippen LogP contribution in [0.1, 0.15) is 25.8 Å². The van der Waals surface area contributed by atoms with Crippen LogP contribution < -0.4 is 10.2 Å². The largest absolute Gasteiger partial charge is 0.368 e. The van der Waals surface area contributed by atoms with Crippen LogP contribution in [0.15, 0.2) is 18.2 Å². The van der Waals surface area contributed by atoms with Gasteiger partial charge in [-0.3, -0.25) is 0 Å². The molecule has 0 spiro atoms. The van der Waals surface area contributed by atoms with Gasteiger partial charge in [-0.25, -0.2) is 4.79 Å². The molecule has 1 aliphatic rings. The maximum atomic E-state index is 12.1. The number of piperazine rings is 1. The van der Waals surface area contributed by atoms with Gasteiger partial charge in [-0.05, 0) is 37.0 Å². The van der Waals surface area contributed by atoms with Gasteiger partial charge in [0.25, 0.3) is 0 Å². The van der Waals surface area contributed by atoms with Gasteiger partial charge in [-0.15, -0.1) is 0 Å². The number of anilines is 1. The predicted octanol–water partition coefficient (Wildman–Crippen LogP) is 3.53. The van der Waals surface area contributed by atoms with E-state index in [0.29, 0.717) is 5.92 Å². The molecule has 4 nitrogen and oxygen atoms in total. The molecule has 1 aromatic rings. The maximum Gasteiger partial charge on any atom is 0.317 e. The summed E-state index contributed by atoms with van der Waals surface area (Å²) in [6.45, 7) is 10.3. The van der Waals surface area contributed by atoms with Crippen molar-refractivity contribution in [1.82, 2.24) is 10.2 Å². The standard InChI is InChI=1S/C17H26ClN3O/c1-13(2)7-8-19-17(22)21-11-9-20(10-12-21)16-6-4-5-15(18)14(16)3/h4-6,13H,7-12H2,1-3H3,(H,19,22). The van der Waals surface area contributed by atoms with E-state index in [2.05, 4.69) is 30.1 Å². The first-order valence-corrected chi connectivity index (χ1v) is 8.39.